The minimum atomic E-state index is -0.584. The lowest BCUT2D eigenvalue weighted by molar-refractivity contribution is 0.0707. The van der Waals surface area contributed by atoms with Crippen LogP contribution in [0.15, 0.2) is 65.7 Å². The Balaban J connectivity index is 1.90. The maximum atomic E-state index is 12.0. The van der Waals surface area contributed by atoms with Crippen LogP contribution in [0.4, 0.5) is 5.69 Å². The second-order valence-corrected chi connectivity index (χ2v) is 6.11. The number of ether oxygens (including phenoxy) is 1. The van der Waals surface area contributed by atoms with E-state index in [0.29, 0.717) is 33.3 Å². The van der Waals surface area contributed by atoms with E-state index < -0.39 is 5.91 Å². The van der Waals surface area contributed by atoms with Crippen molar-refractivity contribution in [3.8, 4) is 22.6 Å². The first-order valence-electron chi connectivity index (χ1n) is 7.85. The second-order valence-electron chi connectivity index (χ2n) is 5.68. The summed E-state index contributed by atoms with van der Waals surface area (Å²) in [7, 11) is 0. The van der Waals surface area contributed by atoms with Crippen molar-refractivity contribution in [3.05, 3.63) is 76.8 Å². The van der Waals surface area contributed by atoms with Crippen LogP contribution in [0.25, 0.3) is 11.1 Å². The predicted molar refractivity (Wildman–Crippen MR) is 99.9 cm³/mol. The van der Waals surface area contributed by atoms with E-state index in [0.717, 1.165) is 11.1 Å². The Kier molecular flexibility index (Phi) is 4.16. The largest absolute Gasteiger partial charge is 0.454 e. The van der Waals surface area contributed by atoms with E-state index in [1.165, 1.54) is 0 Å². The van der Waals surface area contributed by atoms with Crippen molar-refractivity contribution in [2.75, 3.05) is 0 Å². The van der Waals surface area contributed by atoms with E-state index >= 15 is 0 Å². The van der Waals surface area contributed by atoms with Gasteiger partial charge in [-0.1, -0.05) is 41.9 Å². The Bertz CT molecular complexity index is 1050. The number of hydrogen-bond acceptors (Lipinski definition) is 4. The van der Waals surface area contributed by atoms with Gasteiger partial charge in [-0.3, -0.25) is 15.0 Å². The molecule has 0 saturated carbocycles. The molecule has 0 aliphatic carbocycles. The van der Waals surface area contributed by atoms with Gasteiger partial charge in [0, 0.05) is 28.4 Å². The van der Waals surface area contributed by atoms with E-state index in [4.69, 9.17) is 21.5 Å². The van der Waals surface area contributed by atoms with Gasteiger partial charge in [0.2, 0.25) is 0 Å². The van der Waals surface area contributed by atoms with Gasteiger partial charge in [-0.05, 0) is 35.4 Å². The summed E-state index contributed by atoms with van der Waals surface area (Å²) in [5.41, 5.74) is 4.86. The molecule has 2 N–H and O–H groups in total. The van der Waals surface area contributed by atoms with Gasteiger partial charge in [0.05, 0.1) is 0 Å². The molecule has 0 bridgehead atoms. The number of benzene rings is 3. The lowest BCUT2D eigenvalue weighted by Crippen LogP contribution is -2.19. The average Bonchev–Trinajstić information content (AvgIpc) is 2.85. The van der Waals surface area contributed by atoms with E-state index in [1.807, 2.05) is 30.3 Å². The molecule has 128 valence electrons. The molecule has 0 spiro atoms. The average molecular weight is 365 g/mol. The molecule has 1 amide bonds. The van der Waals surface area contributed by atoms with E-state index in [-0.39, 0.29) is 0 Å². The molecule has 0 fully saturated rings. The summed E-state index contributed by atoms with van der Waals surface area (Å²) < 4.78 is 6.01. The highest BCUT2D eigenvalue weighted by Crippen LogP contribution is 2.40. The number of nitrogens with zero attached hydrogens (tertiary/aromatic N) is 1. The summed E-state index contributed by atoms with van der Waals surface area (Å²) in [6, 6.07) is 17.8. The molecule has 0 radical (unpaired) electrons. The van der Waals surface area contributed by atoms with Crippen LogP contribution in [0.3, 0.4) is 0 Å². The number of halogens is 1. The molecule has 6 heteroatoms. The molecule has 3 aromatic rings. The zero-order valence-electron chi connectivity index (χ0n) is 13.4. The predicted octanol–water partition coefficient (Wildman–Crippen LogP) is 4.98. The molecule has 0 unspecified atom stereocenters. The first-order chi connectivity index (χ1) is 12.7. The van der Waals surface area contributed by atoms with Crippen molar-refractivity contribution >= 4 is 29.4 Å². The molecule has 1 aliphatic rings. The van der Waals surface area contributed by atoms with Gasteiger partial charge in [-0.2, -0.15) is 0 Å². The molecule has 1 heterocycles. The summed E-state index contributed by atoms with van der Waals surface area (Å²) >= 11 is 6.06. The van der Waals surface area contributed by atoms with Crippen LogP contribution in [-0.2, 0) is 0 Å². The van der Waals surface area contributed by atoms with Crippen molar-refractivity contribution in [1.29, 1.82) is 0 Å². The number of aliphatic imine (C=N–C) groups is 1. The van der Waals surface area contributed by atoms with Crippen molar-refractivity contribution in [3.63, 3.8) is 0 Å². The SMILES string of the molecule is O=C(NO)c1ccccc1-c1cccc2c1C=Nc1ccc(Cl)cc1O2. The highest BCUT2D eigenvalue weighted by molar-refractivity contribution is 6.30. The number of carbonyl (C=O) groups excluding carboxylic acids is 1. The minimum absolute atomic E-state index is 0.349. The highest BCUT2D eigenvalue weighted by Gasteiger charge is 2.19. The van der Waals surface area contributed by atoms with E-state index in [9.17, 15) is 4.79 Å². The van der Waals surface area contributed by atoms with Crippen LogP contribution in [0.5, 0.6) is 11.5 Å². The topological polar surface area (TPSA) is 70.9 Å². The van der Waals surface area contributed by atoms with Gasteiger partial charge in [0.25, 0.3) is 5.91 Å². The molecule has 26 heavy (non-hydrogen) atoms. The summed E-state index contributed by atoms with van der Waals surface area (Å²) in [4.78, 5) is 16.5. The number of hydroxylamine groups is 1. The Morgan fingerprint density at radius 2 is 1.81 bits per heavy atom. The Morgan fingerprint density at radius 3 is 2.65 bits per heavy atom. The van der Waals surface area contributed by atoms with Gasteiger partial charge in [-0.15, -0.1) is 0 Å². The third kappa shape index (κ3) is 2.83. The quantitative estimate of drug-likeness (QED) is 0.389. The Labute approximate surface area is 154 Å². The molecule has 3 aromatic carbocycles. The summed E-state index contributed by atoms with van der Waals surface area (Å²) in [6.45, 7) is 0. The molecule has 5 nitrogen and oxygen atoms in total. The first-order valence-corrected chi connectivity index (χ1v) is 8.23. The van der Waals surface area contributed by atoms with Crippen molar-refractivity contribution in [2.24, 2.45) is 4.99 Å². The number of carbonyl (C=O) groups is 1. The Morgan fingerprint density at radius 1 is 1.00 bits per heavy atom. The summed E-state index contributed by atoms with van der Waals surface area (Å²) in [5, 5.41) is 9.58. The normalized spacial score (nSPS) is 11.8. The maximum absolute atomic E-state index is 12.0. The van der Waals surface area contributed by atoms with Gasteiger partial charge in [-0.25, -0.2) is 5.48 Å². The standard InChI is InChI=1S/C20H13ClN2O3/c21-12-8-9-17-19(10-12)26-18-7-3-6-14(16(18)11-22-17)13-4-1-2-5-15(13)20(24)23-25/h1-11,25H,(H,23,24). The highest BCUT2D eigenvalue weighted by atomic mass is 35.5. The fraction of sp³-hybridized carbons (Fsp3) is 0. The summed E-state index contributed by atoms with van der Waals surface area (Å²) in [6.07, 6.45) is 1.71. The summed E-state index contributed by atoms with van der Waals surface area (Å²) in [5.74, 6) is 0.581. The zero-order chi connectivity index (χ0) is 18.1. The first kappa shape index (κ1) is 16.3. The number of rotatable bonds is 2. The number of fused-ring (bicyclic) bond motifs is 2. The molecular weight excluding hydrogens is 352 g/mol. The van der Waals surface area contributed by atoms with Crippen molar-refractivity contribution in [2.45, 2.75) is 0 Å². The fourth-order valence-corrected chi connectivity index (χ4v) is 3.07. The molecule has 4 rings (SSSR count). The second kappa shape index (κ2) is 6.63. The van der Waals surface area contributed by atoms with Crippen LogP contribution in [0, 0.1) is 0 Å². The monoisotopic (exact) mass is 364 g/mol. The molecule has 1 aliphatic heterocycles. The minimum Gasteiger partial charge on any atom is -0.454 e. The van der Waals surface area contributed by atoms with E-state index in [1.54, 1.807) is 42.0 Å². The van der Waals surface area contributed by atoms with Crippen LogP contribution in [0.2, 0.25) is 5.02 Å². The van der Waals surface area contributed by atoms with Crippen molar-refractivity contribution < 1.29 is 14.7 Å². The lowest BCUT2D eigenvalue weighted by Gasteiger charge is -2.13. The van der Waals surface area contributed by atoms with Crippen LogP contribution in [0.1, 0.15) is 15.9 Å². The number of nitrogens with one attached hydrogen (secondary N) is 1. The third-order valence-electron chi connectivity index (χ3n) is 4.10. The molecule has 0 atom stereocenters. The fourth-order valence-electron chi connectivity index (χ4n) is 2.91. The van der Waals surface area contributed by atoms with Crippen molar-refractivity contribution in [1.82, 2.24) is 5.48 Å². The maximum Gasteiger partial charge on any atom is 0.275 e. The Hall–Kier alpha value is -3.15. The molecule has 0 aromatic heterocycles. The van der Waals surface area contributed by atoms with Gasteiger partial charge >= 0.3 is 0 Å². The number of hydrogen-bond donors (Lipinski definition) is 2. The van der Waals surface area contributed by atoms with Crippen LogP contribution in [-0.4, -0.2) is 17.3 Å². The lowest BCUT2D eigenvalue weighted by atomic mass is 9.95. The zero-order valence-corrected chi connectivity index (χ0v) is 14.2. The molecule has 0 saturated heterocycles. The van der Waals surface area contributed by atoms with Crippen LogP contribution < -0.4 is 10.2 Å². The smallest absolute Gasteiger partial charge is 0.275 e. The number of amides is 1. The molecular formula is C20H13ClN2O3. The van der Waals surface area contributed by atoms with E-state index in [2.05, 4.69) is 4.99 Å². The van der Waals surface area contributed by atoms with Gasteiger partial charge < -0.3 is 4.74 Å². The van der Waals surface area contributed by atoms with Gasteiger partial charge in [0.1, 0.15) is 11.4 Å². The third-order valence-corrected chi connectivity index (χ3v) is 4.34. The van der Waals surface area contributed by atoms with Gasteiger partial charge in [0.15, 0.2) is 5.75 Å². The van der Waals surface area contributed by atoms with Crippen LogP contribution >= 0.6 is 11.6 Å².